The van der Waals surface area contributed by atoms with Crippen molar-refractivity contribution >= 4 is 34.9 Å². The summed E-state index contributed by atoms with van der Waals surface area (Å²) >= 11 is 11.5. The molecule has 0 spiro atoms. The molecule has 2 aromatic rings. The molecular weight excluding hydrogens is 370 g/mol. The van der Waals surface area contributed by atoms with E-state index in [2.05, 4.69) is 5.32 Å². The minimum Gasteiger partial charge on any atom is -0.480 e. The minimum absolute atomic E-state index is 0.0497. The van der Waals surface area contributed by atoms with Gasteiger partial charge in [0, 0.05) is 17.2 Å². The van der Waals surface area contributed by atoms with Crippen LogP contribution < -0.4 is 10.1 Å². The van der Waals surface area contributed by atoms with E-state index in [4.69, 9.17) is 33.0 Å². The van der Waals surface area contributed by atoms with Gasteiger partial charge < -0.3 is 15.2 Å². The Morgan fingerprint density at radius 1 is 1.17 bits per heavy atom. The van der Waals surface area contributed by atoms with E-state index in [1.54, 1.807) is 0 Å². The number of carboxylic acid groups (broad SMARTS) is 1. The predicted molar refractivity (Wildman–Crippen MR) is 84.1 cm³/mol. The van der Waals surface area contributed by atoms with Crippen LogP contribution in [0.3, 0.4) is 0 Å². The predicted octanol–water partition coefficient (Wildman–Crippen LogP) is 5.30. The minimum atomic E-state index is -4.57. The van der Waals surface area contributed by atoms with Crippen molar-refractivity contribution in [2.45, 2.75) is 6.18 Å². The number of rotatable bonds is 5. The Kier molecular flexibility index (Phi) is 5.46. The molecule has 0 radical (unpaired) electrons. The fourth-order valence-electron chi connectivity index (χ4n) is 1.81. The van der Waals surface area contributed by atoms with E-state index in [0.29, 0.717) is 10.7 Å². The second-order valence-electron chi connectivity index (χ2n) is 4.63. The number of nitrogens with one attached hydrogen (secondary N) is 1. The van der Waals surface area contributed by atoms with E-state index in [0.717, 1.165) is 18.2 Å². The molecule has 0 heterocycles. The van der Waals surface area contributed by atoms with Gasteiger partial charge in [-0.05, 0) is 24.3 Å². The van der Waals surface area contributed by atoms with Crippen LogP contribution in [0.5, 0.6) is 11.5 Å². The molecule has 2 rings (SSSR count). The maximum atomic E-state index is 12.7. The first kappa shape index (κ1) is 18.2. The second-order valence-corrected chi connectivity index (χ2v) is 5.47. The molecule has 0 fully saturated rings. The summed E-state index contributed by atoms with van der Waals surface area (Å²) in [5, 5.41) is 11.1. The molecule has 128 valence electrons. The summed E-state index contributed by atoms with van der Waals surface area (Å²) in [4.78, 5) is 10.6. The topological polar surface area (TPSA) is 58.6 Å². The molecule has 0 bridgehead atoms. The lowest BCUT2D eigenvalue weighted by molar-refractivity contribution is -0.137. The standard InChI is InChI=1S/C15H10Cl2F3NO3/c16-8-1-4-12(21-7-14(22)23)13(5-8)24-9-2-3-10(11(17)6-9)15(18,19)20/h1-6,21H,7H2,(H,22,23). The summed E-state index contributed by atoms with van der Waals surface area (Å²) in [5.74, 6) is -0.887. The third kappa shape index (κ3) is 4.69. The molecule has 0 amide bonds. The molecule has 0 unspecified atom stereocenters. The van der Waals surface area contributed by atoms with Crippen molar-refractivity contribution in [1.29, 1.82) is 0 Å². The number of hydrogen-bond donors (Lipinski definition) is 2. The van der Waals surface area contributed by atoms with Gasteiger partial charge in [-0.2, -0.15) is 13.2 Å². The average Bonchev–Trinajstić information content (AvgIpc) is 2.45. The lowest BCUT2D eigenvalue weighted by Crippen LogP contribution is -2.12. The van der Waals surface area contributed by atoms with E-state index in [-0.39, 0.29) is 18.0 Å². The number of benzene rings is 2. The van der Waals surface area contributed by atoms with E-state index in [1.165, 1.54) is 18.2 Å². The summed E-state index contributed by atoms with van der Waals surface area (Å²) < 4.78 is 43.6. The van der Waals surface area contributed by atoms with Crippen LogP contribution >= 0.6 is 23.2 Å². The largest absolute Gasteiger partial charge is 0.480 e. The van der Waals surface area contributed by atoms with Crippen LogP contribution in [0.4, 0.5) is 18.9 Å². The molecule has 9 heteroatoms. The van der Waals surface area contributed by atoms with Crippen LogP contribution in [0.25, 0.3) is 0 Å². The molecule has 2 N–H and O–H groups in total. The van der Waals surface area contributed by atoms with E-state index >= 15 is 0 Å². The molecule has 2 aromatic carbocycles. The third-order valence-electron chi connectivity index (χ3n) is 2.85. The van der Waals surface area contributed by atoms with Gasteiger partial charge in [0.25, 0.3) is 0 Å². The lowest BCUT2D eigenvalue weighted by Gasteiger charge is -2.14. The van der Waals surface area contributed by atoms with Crippen molar-refractivity contribution in [2.24, 2.45) is 0 Å². The summed E-state index contributed by atoms with van der Waals surface area (Å²) in [6, 6.07) is 7.33. The molecule has 0 atom stereocenters. The van der Waals surface area contributed by atoms with Crippen LogP contribution in [0.2, 0.25) is 10.0 Å². The first-order chi connectivity index (χ1) is 11.2. The molecule has 0 aliphatic heterocycles. The van der Waals surface area contributed by atoms with Crippen LogP contribution in [-0.4, -0.2) is 17.6 Å². The van der Waals surface area contributed by atoms with Gasteiger partial charge >= 0.3 is 12.1 Å². The Morgan fingerprint density at radius 2 is 1.88 bits per heavy atom. The van der Waals surface area contributed by atoms with Crippen LogP contribution in [0, 0.1) is 0 Å². The van der Waals surface area contributed by atoms with Crippen molar-refractivity contribution in [3.05, 3.63) is 52.0 Å². The zero-order chi connectivity index (χ0) is 17.9. The molecule has 0 aliphatic rings. The van der Waals surface area contributed by atoms with Crippen molar-refractivity contribution in [3.8, 4) is 11.5 Å². The van der Waals surface area contributed by atoms with Crippen LogP contribution in [0.15, 0.2) is 36.4 Å². The monoisotopic (exact) mass is 379 g/mol. The van der Waals surface area contributed by atoms with E-state index in [9.17, 15) is 18.0 Å². The van der Waals surface area contributed by atoms with Gasteiger partial charge in [-0.3, -0.25) is 4.79 Å². The number of aliphatic carboxylic acids is 1. The molecule has 4 nitrogen and oxygen atoms in total. The van der Waals surface area contributed by atoms with Gasteiger partial charge in [-0.15, -0.1) is 0 Å². The number of ether oxygens (including phenoxy) is 1. The fraction of sp³-hybridized carbons (Fsp3) is 0.133. The van der Waals surface area contributed by atoms with Gasteiger partial charge in [0.2, 0.25) is 0 Å². The van der Waals surface area contributed by atoms with Crippen molar-refractivity contribution in [3.63, 3.8) is 0 Å². The van der Waals surface area contributed by atoms with Gasteiger partial charge in [-0.1, -0.05) is 23.2 Å². The normalized spacial score (nSPS) is 11.2. The quantitative estimate of drug-likeness (QED) is 0.739. The molecule has 0 aromatic heterocycles. The van der Waals surface area contributed by atoms with Crippen LogP contribution in [0.1, 0.15) is 5.56 Å². The second kappa shape index (κ2) is 7.19. The number of carboxylic acids is 1. The van der Waals surface area contributed by atoms with Crippen molar-refractivity contribution < 1.29 is 27.8 Å². The highest BCUT2D eigenvalue weighted by Gasteiger charge is 2.33. The van der Waals surface area contributed by atoms with Crippen molar-refractivity contribution in [2.75, 3.05) is 11.9 Å². The molecular formula is C15H10Cl2F3NO3. The van der Waals surface area contributed by atoms with Crippen molar-refractivity contribution in [1.82, 2.24) is 0 Å². The summed E-state index contributed by atoms with van der Waals surface area (Å²) in [7, 11) is 0. The lowest BCUT2D eigenvalue weighted by atomic mass is 10.2. The Bertz CT molecular complexity index is 766. The maximum Gasteiger partial charge on any atom is 0.417 e. The first-order valence-corrected chi connectivity index (χ1v) is 7.22. The fourth-order valence-corrected chi connectivity index (χ4v) is 2.25. The van der Waals surface area contributed by atoms with Gasteiger partial charge in [0.15, 0.2) is 5.75 Å². The summed E-state index contributed by atoms with van der Waals surface area (Å²) in [5.41, 5.74) is -0.662. The Hall–Kier alpha value is -2.12. The number of hydrogen-bond acceptors (Lipinski definition) is 3. The zero-order valence-electron chi connectivity index (χ0n) is 11.8. The average molecular weight is 380 g/mol. The SMILES string of the molecule is O=C(O)CNc1ccc(Cl)cc1Oc1ccc(C(F)(F)F)c(Cl)c1. The molecule has 0 aliphatic carbocycles. The number of alkyl halides is 3. The highest BCUT2D eigenvalue weighted by molar-refractivity contribution is 6.31. The Labute approximate surface area is 144 Å². The number of carbonyl (C=O) groups is 1. The van der Waals surface area contributed by atoms with Gasteiger partial charge in [-0.25, -0.2) is 0 Å². The van der Waals surface area contributed by atoms with Gasteiger partial charge in [0.1, 0.15) is 12.3 Å². The summed E-state index contributed by atoms with van der Waals surface area (Å²) in [6.07, 6.45) is -4.57. The van der Waals surface area contributed by atoms with Gasteiger partial charge in [0.05, 0.1) is 16.3 Å². The zero-order valence-corrected chi connectivity index (χ0v) is 13.3. The van der Waals surface area contributed by atoms with E-state index in [1.807, 2.05) is 0 Å². The molecule has 0 saturated heterocycles. The summed E-state index contributed by atoms with van der Waals surface area (Å²) in [6.45, 7) is -0.369. The highest BCUT2D eigenvalue weighted by atomic mass is 35.5. The first-order valence-electron chi connectivity index (χ1n) is 6.46. The van der Waals surface area contributed by atoms with Crippen LogP contribution in [-0.2, 0) is 11.0 Å². The number of halogens is 5. The maximum absolute atomic E-state index is 12.7. The Morgan fingerprint density at radius 3 is 2.46 bits per heavy atom. The third-order valence-corrected chi connectivity index (χ3v) is 3.40. The molecule has 0 saturated carbocycles. The Balaban J connectivity index is 2.29. The smallest absolute Gasteiger partial charge is 0.417 e. The van der Waals surface area contributed by atoms with E-state index < -0.39 is 22.7 Å². The molecule has 24 heavy (non-hydrogen) atoms. The number of anilines is 1. The highest BCUT2D eigenvalue weighted by Crippen LogP contribution is 2.38.